The zero-order valence-electron chi connectivity index (χ0n) is 12.1. The minimum atomic E-state index is -0.435. The van der Waals surface area contributed by atoms with Crippen molar-refractivity contribution in [2.75, 3.05) is 0 Å². The van der Waals surface area contributed by atoms with Gasteiger partial charge in [-0.15, -0.1) is 0 Å². The fourth-order valence-electron chi connectivity index (χ4n) is 3.18. The zero-order valence-corrected chi connectivity index (χ0v) is 12.1. The Labute approximate surface area is 120 Å². The summed E-state index contributed by atoms with van der Waals surface area (Å²) in [4.78, 5) is 0. The highest BCUT2D eigenvalue weighted by Gasteiger charge is 2.22. The molecule has 0 spiro atoms. The van der Waals surface area contributed by atoms with Crippen LogP contribution in [0.5, 0.6) is 17.2 Å². The Morgan fingerprint density at radius 1 is 1.10 bits per heavy atom. The van der Waals surface area contributed by atoms with E-state index < -0.39 is 5.75 Å². The summed E-state index contributed by atoms with van der Waals surface area (Å²) in [6.45, 7) is 2.69. The SMILES string of the molecule is CCC(NCc1ccc(O)c(O)c1O)C1CCCCC1. The summed E-state index contributed by atoms with van der Waals surface area (Å²) in [6.07, 6.45) is 7.59. The molecule has 0 heterocycles. The first-order valence-electron chi connectivity index (χ1n) is 7.59. The Morgan fingerprint density at radius 2 is 1.80 bits per heavy atom. The van der Waals surface area contributed by atoms with E-state index in [0.29, 0.717) is 24.1 Å². The number of aromatic hydroxyl groups is 3. The van der Waals surface area contributed by atoms with E-state index in [1.807, 2.05) is 0 Å². The molecule has 1 unspecified atom stereocenters. The lowest BCUT2D eigenvalue weighted by Gasteiger charge is -2.30. The number of hydrogen-bond donors (Lipinski definition) is 4. The van der Waals surface area contributed by atoms with E-state index in [1.54, 1.807) is 6.07 Å². The van der Waals surface area contributed by atoms with E-state index in [9.17, 15) is 15.3 Å². The van der Waals surface area contributed by atoms with Crippen LogP contribution in [0.1, 0.15) is 51.0 Å². The summed E-state index contributed by atoms with van der Waals surface area (Å²) < 4.78 is 0. The van der Waals surface area contributed by atoms with Crippen LogP contribution in [0.4, 0.5) is 0 Å². The highest BCUT2D eigenvalue weighted by atomic mass is 16.3. The molecule has 1 aliphatic carbocycles. The second-order valence-electron chi connectivity index (χ2n) is 5.73. The maximum atomic E-state index is 9.82. The Hall–Kier alpha value is -1.42. The van der Waals surface area contributed by atoms with Crippen molar-refractivity contribution < 1.29 is 15.3 Å². The summed E-state index contributed by atoms with van der Waals surface area (Å²) in [6, 6.07) is 3.50. The van der Waals surface area contributed by atoms with Crippen LogP contribution in [0.25, 0.3) is 0 Å². The third-order valence-electron chi connectivity index (χ3n) is 4.43. The standard InChI is InChI=1S/C16H25NO3/c1-2-13(11-6-4-3-5-7-11)17-10-12-8-9-14(18)16(20)15(12)19/h8-9,11,13,17-20H,2-7,10H2,1H3. The fourth-order valence-corrected chi connectivity index (χ4v) is 3.18. The molecule has 20 heavy (non-hydrogen) atoms. The van der Waals surface area contributed by atoms with Crippen molar-refractivity contribution in [1.29, 1.82) is 0 Å². The average Bonchev–Trinajstić information content (AvgIpc) is 2.48. The van der Waals surface area contributed by atoms with Crippen LogP contribution in [-0.2, 0) is 6.54 Å². The Morgan fingerprint density at radius 3 is 2.45 bits per heavy atom. The number of rotatable bonds is 5. The van der Waals surface area contributed by atoms with Crippen molar-refractivity contribution in [1.82, 2.24) is 5.32 Å². The molecule has 0 bridgehead atoms. The first kappa shape index (κ1) is 15.0. The molecule has 4 N–H and O–H groups in total. The van der Waals surface area contributed by atoms with Gasteiger partial charge in [-0.1, -0.05) is 32.3 Å². The molecular weight excluding hydrogens is 254 g/mol. The minimum absolute atomic E-state index is 0.226. The van der Waals surface area contributed by atoms with E-state index >= 15 is 0 Å². The number of hydrogen-bond acceptors (Lipinski definition) is 4. The van der Waals surface area contributed by atoms with Gasteiger partial charge in [-0.3, -0.25) is 0 Å². The van der Waals surface area contributed by atoms with Gasteiger partial charge in [0.2, 0.25) is 5.75 Å². The Kier molecular flexibility index (Phi) is 5.12. The third kappa shape index (κ3) is 3.37. The van der Waals surface area contributed by atoms with Crippen molar-refractivity contribution in [3.05, 3.63) is 17.7 Å². The second-order valence-corrected chi connectivity index (χ2v) is 5.73. The normalized spacial score (nSPS) is 18.1. The molecule has 1 aliphatic rings. The van der Waals surface area contributed by atoms with Crippen molar-refractivity contribution in [2.24, 2.45) is 5.92 Å². The number of nitrogens with one attached hydrogen (secondary N) is 1. The van der Waals surface area contributed by atoms with Gasteiger partial charge in [-0.2, -0.15) is 0 Å². The van der Waals surface area contributed by atoms with Crippen LogP contribution < -0.4 is 5.32 Å². The van der Waals surface area contributed by atoms with Gasteiger partial charge in [0.25, 0.3) is 0 Å². The lowest BCUT2D eigenvalue weighted by atomic mass is 9.83. The van der Waals surface area contributed by atoms with Crippen LogP contribution in [0, 0.1) is 5.92 Å². The Balaban J connectivity index is 1.97. The third-order valence-corrected chi connectivity index (χ3v) is 4.43. The van der Waals surface area contributed by atoms with Gasteiger partial charge >= 0.3 is 0 Å². The Bertz CT molecular complexity index is 442. The monoisotopic (exact) mass is 279 g/mol. The summed E-state index contributed by atoms with van der Waals surface area (Å²) in [7, 11) is 0. The first-order valence-corrected chi connectivity index (χ1v) is 7.59. The molecule has 1 saturated carbocycles. The molecule has 0 radical (unpaired) electrons. The van der Waals surface area contributed by atoms with Crippen LogP contribution in [0.3, 0.4) is 0 Å². The van der Waals surface area contributed by atoms with E-state index in [2.05, 4.69) is 12.2 Å². The highest BCUT2D eigenvalue weighted by molar-refractivity contribution is 5.53. The summed E-state index contributed by atoms with van der Waals surface area (Å²) in [5.74, 6) is -0.238. The van der Waals surface area contributed by atoms with Gasteiger partial charge in [-0.05, 0) is 31.2 Å². The quantitative estimate of drug-likeness (QED) is 0.624. The molecule has 0 saturated heterocycles. The van der Waals surface area contributed by atoms with E-state index in [-0.39, 0.29) is 11.5 Å². The van der Waals surface area contributed by atoms with E-state index in [4.69, 9.17) is 0 Å². The number of phenols is 3. The van der Waals surface area contributed by atoms with Crippen molar-refractivity contribution in [3.63, 3.8) is 0 Å². The van der Waals surface area contributed by atoms with Gasteiger partial charge < -0.3 is 20.6 Å². The molecule has 2 rings (SSSR count). The molecule has 1 fully saturated rings. The fraction of sp³-hybridized carbons (Fsp3) is 0.625. The maximum absolute atomic E-state index is 9.82. The first-order chi connectivity index (χ1) is 9.63. The largest absolute Gasteiger partial charge is 0.504 e. The van der Waals surface area contributed by atoms with Crippen molar-refractivity contribution in [3.8, 4) is 17.2 Å². The smallest absolute Gasteiger partial charge is 0.200 e. The number of benzene rings is 1. The molecule has 4 nitrogen and oxygen atoms in total. The summed E-state index contributed by atoms with van der Waals surface area (Å²) >= 11 is 0. The molecule has 112 valence electrons. The maximum Gasteiger partial charge on any atom is 0.200 e. The van der Waals surface area contributed by atoms with Gasteiger partial charge in [-0.25, -0.2) is 0 Å². The van der Waals surface area contributed by atoms with E-state index in [0.717, 1.165) is 6.42 Å². The van der Waals surface area contributed by atoms with Crippen LogP contribution in [0.15, 0.2) is 12.1 Å². The lowest BCUT2D eigenvalue weighted by molar-refractivity contribution is 0.260. The molecule has 1 atom stereocenters. The van der Waals surface area contributed by atoms with Crippen LogP contribution in [0.2, 0.25) is 0 Å². The minimum Gasteiger partial charge on any atom is -0.504 e. The van der Waals surface area contributed by atoms with E-state index in [1.165, 1.54) is 38.2 Å². The number of phenolic OH excluding ortho intramolecular Hbond substituents is 3. The molecule has 1 aromatic rings. The molecule has 0 aliphatic heterocycles. The molecule has 4 heteroatoms. The zero-order chi connectivity index (χ0) is 14.5. The van der Waals surface area contributed by atoms with Gasteiger partial charge in [0, 0.05) is 18.2 Å². The predicted molar refractivity (Wildman–Crippen MR) is 78.9 cm³/mol. The second kappa shape index (κ2) is 6.84. The molecule has 0 aromatic heterocycles. The lowest BCUT2D eigenvalue weighted by Crippen LogP contribution is -2.36. The molecular formula is C16H25NO3. The average molecular weight is 279 g/mol. The van der Waals surface area contributed by atoms with Crippen LogP contribution in [-0.4, -0.2) is 21.4 Å². The molecule has 0 amide bonds. The van der Waals surface area contributed by atoms with Gasteiger partial charge in [0.05, 0.1) is 0 Å². The van der Waals surface area contributed by atoms with Crippen LogP contribution >= 0.6 is 0 Å². The molecule has 1 aromatic carbocycles. The van der Waals surface area contributed by atoms with Gasteiger partial charge in [0.15, 0.2) is 11.5 Å². The summed E-state index contributed by atoms with van der Waals surface area (Å²) in [5.41, 5.74) is 0.620. The summed E-state index contributed by atoms with van der Waals surface area (Å²) in [5, 5.41) is 32.2. The highest BCUT2D eigenvalue weighted by Crippen LogP contribution is 2.37. The van der Waals surface area contributed by atoms with Crippen molar-refractivity contribution in [2.45, 2.75) is 58.0 Å². The predicted octanol–water partition coefficient (Wildman–Crippen LogP) is 3.25. The topological polar surface area (TPSA) is 72.7 Å². The van der Waals surface area contributed by atoms with Crippen molar-refractivity contribution >= 4 is 0 Å². The van der Waals surface area contributed by atoms with Gasteiger partial charge in [0.1, 0.15) is 0 Å².